The molecule has 19 heavy (non-hydrogen) atoms. The van der Waals surface area contributed by atoms with Crippen molar-refractivity contribution in [1.29, 1.82) is 0 Å². The molecule has 2 aliphatic carbocycles. The van der Waals surface area contributed by atoms with Gasteiger partial charge in [0.25, 0.3) is 5.91 Å². The monoisotopic (exact) mass is 260 g/mol. The third-order valence-electron chi connectivity index (χ3n) is 3.81. The van der Waals surface area contributed by atoms with Crippen molar-refractivity contribution in [2.75, 3.05) is 0 Å². The van der Waals surface area contributed by atoms with E-state index in [0.29, 0.717) is 11.8 Å². The highest BCUT2D eigenvalue weighted by Gasteiger charge is 2.42. The summed E-state index contributed by atoms with van der Waals surface area (Å²) >= 11 is 0. The summed E-state index contributed by atoms with van der Waals surface area (Å²) in [6.45, 7) is 0. The Kier molecular flexibility index (Phi) is 2.97. The summed E-state index contributed by atoms with van der Waals surface area (Å²) in [5.41, 5.74) is -0.0216. The minimum absolute atomic E-state index is 0.0151. The number of carbonyl (C=O) groups excluding carboxylic acids is 1. The van der Waals surface area contributed by atoms with Gasteiger partial charge in [0.05, 0.1) is 5.56 Å². The highest BCUT2D eigenvalue weighted by Crippen LogP contribution is 2.44. The van der Waals surface area contributed by atoms with E-state index < -0.39 is 5.97 Å². The maximum atomic E-state index is 12.2. The Bertz CT molecular complexity index is 509. The lowest BCUT2D eigenvalue weighted by Gasteiger charge is -2.17. The molecule has 0 saturated heterocycles. The Morgan fingerprint density at radius 2 is 1.89 bits per heavy atom. The standard InChI is InChI=1S/C14H16N2O3/c17-13(12-10(14(18)19)2-1-7-15-12)16-11(8-3-4-8)9-5-6-9/h1-2,7-9,11H,3-6H2,(H,16,17)(H,18,19). The molecule has 2 aliphatic rings. The number of carboxylic acids is 1. The van der Waals surface area contributed by atoms with E-state index in [9.17, 15) is 9.59 Å². The minimum Gasteiger partial charge on any atom is -0.478 e. The Morgan fingerprint density at radius 1 is 1.26 bits per heavy atom. The number of rotatable bonds is 5. The number of pyridine rings is 1. The van der Waals surface area contributed by atoms with E-state index in [0.717, 1.165) is 25.7 Å². The molecule has 0 unspecified atom stereocenters. The average Bonchev–Trinajstić information content (AvgIpc) is 3.29. The number of aromatic nitrogens is 1. The summed E-state index contributed by atoms with van der Waals surface area (Å²) in [5.74, 6) is -0.323. The molecule has 0 bridgehead atoms. The van der Waals surface area contributed by atoms with Gasteiger partial charge in [-0.3, -0.25) is 9.78 Å². The number of carboxylic acid groups (broad SMARTS) is 1. The second-order valence-electron chi connectivity index (χ2n) is 5.38. The van der Waals surface area contributed by atoms with Crippen molar-refractivity contribution in [2.45, 2.75) is 31.7 Å². The molecule has 0 spiro atoms. The van der Waals surface area contributed by atoms with Gasteiger partial charge >= 0.3 is 5.97 Å². The molecular formula is C14H16N2O3. The summed E-state index contributed by atoms with van der Waals surface area (Å²) in [5, 5.41) is 12.1. The summed E-state index contributed by atoms with van der Waals surface area (Å²) in [7, 11) is 0. The SMILES string of the molecule is O=C(O)c1cccnc1C(=O)NC(C1CC1)C1CC1. The van der Waals surface area contributed by atoms with Crippen LogP contribution in [0.2, 0.25) is 0 Å². The maximum Gasteiger partial charge on any atom is 0.338 e. The van der Waals surface area contributed by atoms with E-state index >= 15 is 0 Å². The molecule has 2 N–H and O–H groups in total. The first kappa shape index (κ1) is 12.1. The van der Waals surface area contributed by atoms with Crippen LogP contribution in [0.4, 0.5) is 0 Å². The van der Waals surface area contributed by atoms with E-state index in [1.54, 1.807) is 0 Å². The van der Waals surface area contributed by atoms with Gasteiger partial charge in [-0.05, 0) is 49.7 Å². The molecule has 5 nitrogen and oxygen atoms in total. The van der Waals surface area contributed by atoms with E-state index in [1.165, 1.54) is 18.3 Å². The van der Waals surface area contributed by atoms with Crippen LogP contribution in [-0.4, -0.2) is 28.0 Å². The third-order valence-corrected chi connectivity index (χ3v) is 3.81. The normalized spacial score (nSPS) is 18.4. The Balaban J connectivity index is 1.77. The first-order chi connectivity index (χ1) is 9.16. The van der Waals surface area contributed by atoms with Gasteiger partial charge in [0, 0.05) is 12.2 Å². The second kappa shape index (κ2) is 4.64. The lowest BCUT2D eigenvalue weighted by atomic mass is 10.1. The first-order valence-corrected chi connectivity index (χ1v) is 6.66. The van der Waals surface area contributed by atoms with Crippen molar-refractivity contribution in [3.8, 4) is 0 Å². The predicted molar refractivity (Wildman–Crippen MR) is 67.9 cm³/mol. The Morgan fingerprint density at radius 3 is 2.42 bits per heavy atom. The van der Waals surface area contributed by atoms with Crippen LogP contribution in [0.3, 0.4) is 0 Å². The summed E-state index contributed by atoms with van der Waals surface area (Å²) in [4.78, 5) is 27.2. The van der Waals surface area contributed by atoms with Crippen LogP contribution in [0, 0.1) is 11.8 Å². The molecule has 1 aromatic rings. The highest BCUT2D eigenvalue weighted by molar-refractivity contribution is 6.03. The van der Waals surface area contributed by atoms with Crippen LogP contribution >= 0.6 is 0 Å². The molecule has 1 heterocycles. The van der Waals surface area contributed by atoms with E-state index in [4.69, 9.17) is 5.11 Å². The van der Waals surface area contributed by atoms with Crippen LogP contribution in [0.25, 0.3) is 0 Å². The summed E-state index contributed by atoms with van der Waals surface area (Å²) in [6, 6.07) is 3.14. The van der Waals surface area contributed by atoms with Crippen LogP contribution < -0.4 is 5.32 Å². The zero-order chi connectivity index (χ0) is 13.4. The van der Waals surface area contributed by atoms with Gasteiger partial charge in [0.2, 0.25) is 0 Å². The van der Waals surface area contributed by atoms with Crippen LogP contribution in [0.5, 0.6) is 0 Å². The summed E-state index contributed by atoms with van der Waals surface area (Å²) < 4.78 is 0. The zero-order valence-electron chi connectivity index (χ0n) is 10.5. The number of hydrogen-bond acceptors (Lipinski definition) is 3. The molecule has 2 fully saturated rings. The van der Waals surface area contributed by atoms with Gasteiger partial charge < -0.3 is 10.4 Å². The van der Waals surface area contributed by atoms with Crippen molar-refractivity contribution in [2.24, 2.45) is 11.8 Å². The first-order valence-electron chi connectivity index (χ1n) is 6.66. The molecule has 1 amide bonds. The smallest absolute Gasteiger partial charge is 0.338 e. The molecule has 0 aromatic carbocycles. The fraction of sp³-hybridized carbons (Fsp3) is 0.500. The molecular weight excluding hydrogens is 244 g/mol. The van der Waals surface area contributed by atoms with Gasteiger partial charge in [0.1, 0.15) is 5.69 Å². The fourth-order valence-electron chi connectivity index (χ4n) is 2.51. The van der Waals surface area contributed by atoms with Gasteiger partial charge in [0.15, 0.2) is 0 Å². The molecule has 5 heteroatoms. The van der Waals surface area contributed by atoms with Crippen molar-refractivity contribution in [1.82, 2.24) is 10.3 Å². The predicted octanol–water partition coefficient (Wildman–Crippen LogP) is 1.70. The lowest BCUT2D eigenvalue weighted by molar-refractivity contribution is 0.0689. The van der Waals surface area contributed by atoms with Crippen LogP contribution in [0.15, 0.2) is 18.3 Å². The molecule has 0 radical (unpaired) electrons. The molecule has 3 rings (SSSR count). The topological polar surface area (TPSA) is 79.3 Å². The van der Waals surface area contributed by atoms with E-state index in [1.807, 2.05) is 0 Å². The van der Waals surface area contributed by atoms with Crippen molar-refractivity contribution in [3.05, 3.63) is 29.6 Å². The van der Waals surface area contributed by atoms with Gasteiger partial charge in [-0.25, -0.2) is 4.79 Å². The van der Waals surface area contributed by atoms with Crippen LogP contribution in [0.1, 0.15) is 46.5 Å². The number of aromatic carboxylic acids is 1. The number of amides is 1. The summed E-state index contributed by atoms with van der Waals surface area (Å²) in [6.07, 6.45) is 6.10. The number of hydrogen-bond donors (Lipinski definition) is 2. The van der Waals surface area contributed by atoms with E-state index in [2.05, 4.69) is 10.3 Å². The second-order valence-corrected chi connectivity index (χ2v) is 5.38. The molecule has 1 aromatic heterocycles. The zero-order valence-corrected chi connectivity index (χ0v) is 10.5. The van der Waals surface area contributed by atoms with Gasteiger partial charge in [-0.2, -0.15) is 0 Å². The fourth-order valence-corrected chi connectivity index (χ4v) is 2.51. The van der Waals surface area contributed by atoms with Crippen molar-refractivity contribution < 1.29 is 14.7 Å². The highest BCUT2D eigenvalue weighted by atomic mass is 16.4. The number of nitrogens with zero attached hydrogens (tertiary/aromatic N) is 1. The van der Waals surface area contributed by atoms with Gasteiger partial charge in [-0.1, -0.05) is 0 Å². The molecule has 100 valence electrons. The van der Waals surface area contributed by atoms with Gasteiger partial charge in [-0.15, -0.1) is 0 Å². The maximum absolute atomic E-state index is 12.2. The quantitative estimate of drug-likeness (QED) is 0.844. The molecule has 2 saturated carbocycles. The van der Waals surface area contributed by atoms with E-state index in [-0.39, 0.29) is 23.2 Å². The van der Waals surface area contributed by atoms with Crippen molar-refractivity contribution >= 4 is 11.9 Å². The average molecular weight is 260 g/mol. The molecule has 0 atom stereocenters. The van der Waals surface area contributed by atoms with Crippen molar-refractivity contribution in [3.63, 3.8) is 0 Å². The Labute approximate surface area is 111 Å². The molecule has 0 aliphatic heterocycles. The van der Waals surface area contributed by atoms with Crippen LogP contribution in [-0.2, 0) is 0 Å². The largest absolute Gasteiger partial charge is 0.478 e. The minimum atomic E-state index is -1.12. The number of carbonyl (C=O) groups is 2. The number of nitrogens with one attached hydrogen (secondary N) is 1. The lowest BCUT2D eigenvalue weighted by Crippen LogP contribution is -2.39. The Hall–Kier alpha value is -1.91. The third kappa shape index (κ3) is 2.59.